The van der Waals surface area contributed by atoms with Crippen LogP contribution in [0.25, 0.3) is 0 Å². The zero-order chi connectivity index (χ0) is 18.4. The minimum Gasteiger partial charge on any atom is -0.352 e. The van der Waals surface area contributed by atoms with Crippen LogP contribution in [0, 0.1) is 6.92 Å². The van der Waals surface area contributed by atoms with Crippen molar-refractivity contribution in [2.24, 2.45) is 0 Å². The van der Waals surface area contributed by atoms with E-state index >= 15 is 0 Å². The summed E-state index contributed by atoms with van der Waals surface area (Å²) in [6.07, 6.45) is 0. The number of carbonyl (C=O) groups excluding carboxylic acids is 2. The Hall–Kier alpha value is -2.18. The van der Waals surface area contributed by atoms with Crippen molar-refractivity contribution in [2.45, 2.75) is 25.9 Å². The van der Waals surface area contributed by atoms with E-state index in [1.807, 2.05) is 32.5 Å². The fraction of sp³-hybridized carbons (Fsp3) is 0.368. The molecular weight excluding hydrogens is 334 g/mol. The number of hydrogen-bond acceptors (Lipinski definition) is 4. The molecule has 2 amide bonds. The molecule has 0 saturated carbocycles. The molecule has 0 aliphatic carbocycles. The zero-order valence-corrected chi connectivity index (χ0v) is 15.9. The van der Waals surface area contributed by atoms with Gasteiger partial charge in [-0.1, -0.05) is 35.9 Å². The maximum atomic E-state index is 12.3. The minimum atomic E-state index is -0.588. The number of carbonyl (C=O) groups is 2. The highest BCUT2D eigenvalue weighted by Gasteiger charge is 2.20. The number of nitrogens with zero attached hydrogens (tertiary/aromatic N) is 1. The maximum absolute atomic E-state index is 12.3. The molecule has 0 spiro atoms. The first-order valence-electron chi connectivity index (χ1n) is 8.23. The topological polar surface area (TPSA) is 61.4 Å². The van der Waals surface area contributed by atoms with Crippen molar-refractivity contribution in [3.63, 3.8) is 0 Å². The number of amides is 2. The normalized spacial score (nSPS) is 13.3. The second kappa shape index (κ2) is 8.78. The molecule has 2 rings (SSSR count). The number of hydrogen-bond donors (Lipinski definition) is 2. The summed E-state index contributed by atoms with van der Waals surface area (Å²) in [6, 6.07) is 11.3. The highest BCUT2D eigenvalue weighted by atomic mass is 32.1. The van der Waals surface area contributed by atoms with Gasteiger partial charge in [-0.05, 0) is 45.0 Å². The fourth-order valence-corrected chi connectivity index (χ4v) is 3.11. The fourth-order valence-electron chi connectivity index (χ4n) is 2.48. The van der Waals surface area contributed by atoms with Crippen LogP contribution in [-0.2, 0) is 4.79 Å². The van der Waals surface area contributed by atoms with Gasteiger partial charge in [-0.2, -0.15) is 0 Å². The molecular formula is C19H25N3O2S. The Labute approximate surface area is 153 Å². The third kappa shape index (κ3) is 5.41. The lowest BCUT2D eigenvalue weighted by Crippen LogP contribution is -2.46. The molecule has 0 unspecified atom stereocenters. The third-order valence-corrected chi connectivity index (χ3v) is 4.91. The predicted molar refractivity (Wildman–Crippen MR) is 102 cm³/mol. The first-order chi connectivity index (χ1) is 11.9. The largest absolute Gasteiger partial charge is 0.352 e. The monoisotopic (exact) mass is 359 g/mol. The van der Waals surface area contributed by atoms with Gasteiger partial charge >= 0.3 is 0 Å². The van der Waals surface area contributed by atoms with E-state index in [9.17, 15) is 9.59 Å². The minimum absolute atomic E-state index is 0.0738. The number of nitrogens with one attached hydrogen (secondary N) is 2. The summed E-state index contributed by atoms with van der Waals surface area (Å²) < 4.78 is 0. The molecule has 2 N–H and O–H groups in total. The second-order valence-corrected chi connectivity index (χ2v) is 7.26. The van der Waals surface area contributed by atoms with Crippen molar-refractivity contribution < 1.29 is 9.59 Å². The van der Waals surface area contributed by atoms with E-state index < -0.39 is 6.04 Å². The predicted octanol–water partition coefficient (Wildman–Crippen LogP) is 2.59. The van der Waals surface area contributed by atoms with Gasteiger partial charge < -0.3 is 15.5 Å². The zero-order valence-electron chi connectivity index (χ0n) is 15.1. The van der Waals surface area contributed by atoms with Crippen LogP contribution in [0.15, 0.2) is 41.8 Å². The molecule has 0 radical (unpaired) electrons. The highest BCUT2D eigenvalue weighted by molar-refractivity contribution is 7.12. The molecule has 2 aromatic rings. The average Bonchev–Trinajstić information content (AvgIpc) is 3.10. The van der Waals surface area contributed by atoms with Crippen molar-refractivity contribution in [3.05, 3.63) is 57.8 Å². The van der Waals surface area contributed by atoms with Crippen LogP contribution in [0.1, 0.15) is 33.8 Å². The Kier molecular flexibility index (Phi) is 6.73. The summed E-state index contributed by atoms with van der Waals surface area (Å²) in [7, 11) is 3.97. The summed E-state index contributed by atoms with van der Waals surface area (Å²) in [5, 5.41) is 7.50. The molecule has 0 aliphatic heterocycles. The molecule has 0 fully saturated rings. The SMILES string of the molecule is Cc1ccc([C@H](CNC(=O)[C@H](C)NC(=O)c2cccs2)N(C)C)cc1. The van der Waals surface area contributed by atoms with Gasteiger partial charge in [-0.3, -0.25) is 9.59 Å². The van der Waals surface area contributed by atoms with Gasteiger partial charge in [0.2, 0.25) is 5.91 Å². The summed E-state index contributed by atoms with van der Waals surface area (Å²) in [5.41, 5.74) is 2.35. The maximum Gasteiger partial charge on any atom is 0.261 e. The molecule has 0 saturated heterocycles. The van der Waals surface area contributed by atoms with Crippen molar-refractivity contribution >= 4 is 23.2 Å². The molecule has 6 heteroatoms. The van der Waals surface area contributed by atoms with Crippen LogP contribution in [0.3, 0.4) is 0 Å². The van der Waals surface area contributed by atoms with E-state index in [2.05, 4.69) is 39.8 Å². The van der Waals surface area contributed by atoms with Crippen LogP contribution in [-0.4, -0.2) is 43.4 Å². The molecule has 1 aromatic carbocycles. The first kappa shape index (κ1) is 19.1. The van der Waals surface area contributed by atoms with Crippen LogP contribution in [0.5, 0.6) is 0 Å². The first-order valence-corrected chi connectivity index (χ1v) is 9.11. The number of likely N-dealkylation sites (N-methyl/N-ethyl adjacent to an activating group) is 1. The van der Waals surface area contributed by atoms with Crippen molar-refractivity contribution in [2.75, 3.05) is 20.6 Å². The van der Waals surface area contributed by atoms with E-state index in [1.54, 1.807) is 13.0 Å². The van der Waals surface area contributed by atoms with Crippen molar-refractivity contribution in [3.8, 4) is 0 Å². The van der Waals surface area contributed by atoms with Gasteiger partial charge in [0.15, 0.2) is 0 Å². The smallest absolute Gasteiger partial charge is 0.261 e. The molecule has 0 bridgehead atoms. The number of benzene rings is 1. The Morgan fingerprint density at radius 3 is 2.40 bits per heavy atom. The summed E-state index contributed by atoms with van der Waals surface area (Å²) in [5.74, 6) is -0.413. The third-order valence-electron chi connectivity index (χ3n) is 4.04. The lowest BCUT2D eigenvalue weighted by atomic mass is 10.0. The van der Waals surface area contributed by atoms with Crippen LogP contribution in [0.4, 0.5) is 0 Å². The Balaban J connectivity index is 1.92. The standard InChI is InChI=1S/C19H25N3O2S/c1-13-7-9-15(10-8-13)16(22(3)4)12-20-18(23)14(2)21-19(24)17-6-5-11-25-17/h5-11,14,16H,12H2,1-4H3,(H,20,23)(H,21,24)/t14-,16-/m0/s1. The van der Waals surface area contributed by atoms with Crippen LogP contribution < -0.4 is 10.6 Å². The molecule has 5 nitrogen and oxygen atoms in total. The molecule has 0 aliphatic rings. The molecule has 25 heavy (non-hydrogen) atoms. The van der Waals surface area contributed by atoms with Crippen LogP contribution in [0.2, 0.25) is 0 Å². The van der Waals surface area contributed by atoms with Gasteiger partial charge in [0.1, 0.15) is 6.04 Å². The van der Waals surface area contributed by atoms with E-state index in [0.717, 1.165) is 5.56 Å². The molecule has 2 atom stereocenters. The number of aryl methyl sites for hydroxylation is 1. The molecule has 1 aromatic heterocycles. The summed E-state index contributed by atoms with van der Waals surface area (Å²) in [4.78, 5) is 27.0. The van der Waals surface area contributed by atoms with Gasteiger partial charge in [0.05, 0.1) is 10.9 Å². The second-order valence-electron chi connectivity index (χ2n) is 6.31. The quantitative estimate of drug-likeness (QED) is 0.799. The lowest BCUT2D eigenvalue weighted by molar-refractivity contribution is -0.122. The van der Waals surface area contributed by atoms with Crippen molar-refractivity contribution in [1.29, 1.82) is 0 Å². The number of thiophene rings is 1. The molecule has 134 valence electrons. The molecule has 1 heterocycles. The Bertz CT molecular complexity index is 696. The van der Waals surface area contributed by atoms with Gasteiger partial charge in [0, 0.05) is 6.54 Å². The van der Waals surface area contributed by atoms with E-state index in [0.29, 0.717) is 11.4 Å². The van der Waals surface area contributed by atoms with E-state index in [4.69, 9.17) is 0 Å². The van der Waals surface area contributed by atoms with E-state index in [-0.39, 0.29) is 17.9 Å². The number of rotatable bonds is 7. The lowest BCUT2D eigenvalue weighted by Gasteiger charge is -2.26. The van der Waals surface area contributed by atoms with Gasteiger partial charge in [-0.15, -0.1) is 11.3 Å². The van der Waals surface area contributed by atoms with Gasteiger partial charge in [-0.25, -0.2) is 0 Å². The van der Waals surface area contributed by atoms with E-state index in [1.165, 1.54) is 16.9 Å². The Morgan fingerprint density at radius 1 is 1.16 bits per heavy atom. The summed E-state index contributed by atoms with van der Waals surface area (Å²) in [6.45, 7) is 4.22. The average molecular weight is 359 g/mol. The highest BCUT2D eigenvalue weighted by Crippen LogP contribution is 2.18. The van der Waals surface area contributed by atoms with Gasteiger partial charge in [0.25, 0.3) is 5.91 Å². The van der Waals surface area contributed by atoms with Crippen LogP contribution >= 0.6 is 11.3 Å². The summed E-state index contributed by atoms with van der Waals surface area (Å²) >= 11 is 1.35. The van der Waals surface area contributed by atoms with Crippen molar-refractivity contribution in [1.82, 2.24) is 15.5 Å². The Morgan fingerprint density at radius 2 is 1.84 bits per heavy atom.